The number of nitriles is 1. The summed E-state index contributed by atoms with van der Waals surface area (Å²) in [6, 6.07) is 7.58. The summed E-state index contributed by atoms with van der Waals surface area (Å²) in [6.07, 6.45) is 1.70. The molecular formula is C13H13BrN2O. The summed E-state index contributed by atoms with van der Waals surface area (Å²) in [6.45, 7) is 2.60. The first-order valence-electron chi connectivity index (χ1n) is 5.60. The van der Waals surface area contributed by atoms with Crippen molar-refractivity contribution in [3.63, 3.8) is 0 Å². The first-order valence-corrected chi connectivity index (χ1v) is 6.39. The van der Waals surface area contributed by atoms with Crippen molar-refractivity contribution in [2.75, 3.05) is 6.54 Å². The van der Waals surface area contributed by atoms with E-state index in [0.717, 1.165) is 22.9 Å². The molecule has 0 saturated carbocycles. The second-order valence-electron chi connectivity index (χ2n) is 4.24. The van der Waals surface area contributed by atoms with Gasteiger partial charge in [-0.15, -0.1) is 0 Å². The Hall–Kier alpha value is -1.34. The van der Waals surface area contributed by atoms with Gasteiger partial charge >= 0.3 is 0 Å². The van der Waals surface area contributed by atoms with Crippen molar-refractivity contribution in [2.24, 2.45) is 0 Å². The SMILES string of the molecule is Cc1ccc(Br)cc1C(=O)N1CCCC1C#N. The Morgan fingerprint density at radius 2 is 2.35 bits per heavy atom. The Morgan fingerprint density at radius 1 is 1.59 bits per heavy atom. The van der Waals surface area contributed by atoms with Crippen LogP contribution in [0.2, 0.25) is 0 Å². The van der Waals surface area contributed by atoms with Crippen LogP contribution in [0.25, 0.3) is 0 Å². The molecule has 1 unspecified atom stereocenters. The van der Waals surface area contributed by atoms with E-state index in [1.807, 2.05) is 25.1 Å². The highest BCUT2D eigenvalue weighted by molar-refractivity contribution is 9.10. The first-order chi connectivity index (χ1) is 8.13. The predicted octanol–water partition coefficient (Wildman–Crippen LogP) is 2.89. The van der Waals surface area contributed by atoms with Crippen LogP contribution in [-0.4, -0.2) is 23.4 Å². The second-order valence-corrected chi connectivity index (χ2v) is 5.16. The van der Waals surface area contributed by atoms with Crippen molar-refractivity contribution in [1.29, 1.82) is 5.26 Å². The normalized spacial score (nSPS) is 19.1. The van der Waals surface area contributed by atoms with Gasteiger partial charge in [0, 0.05) is 16.6 Å². The van der Waals surface area contributed by atoms with Gasteiger partial charge in [0.05, 0.1) is 6.07 Å². The van der Waals surface area contributed by atoms with Gasteiger partial charge in [0.15, 0.2) is 0 Å². The number of halogens is 1. The minimum absolute atomic E-state index is 0.0344. The molecule has 1 aliphatic rings. The van der Waals surface area contributed by atoms with Gasteiger partial charge in [0.2, 0.25) is 0 Å². The van der Waals surface area contributed by atoms with Crippen LogP contribution in [0.5, 0.6) is 0 Å². The molecule has 0 N–H and O–H groups in total. The molecule has 1 heterocycles. The average molecular weight is 293 g/mol. The summed E-state index contributed by atoms with van der Waals surface area (Å²) in [5.41, 5.74) is 1.63. The van der Waals surface area contributed by atoms with Crippen molar-refractivity contribution >= 4 is 21.8 Å². The average Bonchev–Trinajstić information content (AvgIpc) is 2.79. The lowest BCUT2D eigenvalue weighted by molar-refractivity contribution is 0.0764. The van der Waals surface area contributed by atoms with Crippen LogP contribution in [0, 0.1) is 18.3 Å². The topological polar surface area (TPSA) is 44.1 Å². The van der Waals surface area contributed by atoms with Crippen molar-refractivity contribution in [1.82, 2.24) is 4.90 Å². The van der Waals surface area contributed by atoms with Crippen LogP contribution >= 0.6 is 15.9 Å². The Labute approximate surface area is 109 Å². The van der Waals surface area contributed by atoms with Gasteiger partial charge in [-0.05, 0) is 37.5 Å². The molecule has 4 heteroatoms. The Morgan fingerprint density at radius 3 is 3.06 bits per heavy atom. The van der Waals surface area contributed by atoms with E-state index in [0.29, 0.717) is 12.1 Å². The minimum Gasteiger partial charge on any atom is -0.323 e. The number of carbonyl (C=O) groups is 1. The van der Waals surface area contributed by atoms with Gasteiger partial charge in [0.1, 0.15) is 6.04 Å². The largest absolute Gasteiger partial charge is 0.323 e. The molecule has 0 aromatic heterocycles. The molecule has 3 nitrogen and oxygen atoms in total. The second kappa shape index (κ2) is 4.89. The molecular weight excluding hydrogens is 280 g/mol. The quantitative estimate of drug-likeness (QED) is 0.799. The summed E-state index contributed by atoms with van der Waals surface area (Å²) in [5.74, 6) is -0.0344. The van der Waals surface area contributed by atoms with Crippen LogP contribution in [-0.2, 0) is 0 Å². The van der Waals surface area contributed by atoms with Crippen LogP contribution < -0.4 is 0 Å². The fourth-order valence-corrected chi connectivity index (χ4v) is 2.48. The molecule has 17 heavy (non-hydrogen) atoms. The van der Waals surface area contributed by atoms with Crippen LogP contribution in [0.1, 0.15) is 28.8 Å². The van der Waals surface area contributed by atoms with Crippen LogP contribution in [0.15, 0.2) is 22.7 Å². The van der Waals surface area contributed by atoms with Crippen molar-refractivity contribution < 1.29 is 4.79 Å². The molecule has 0 radical (unpaired) electrons. The highest BCUT2D eigenvalue weighted by Crippen LogP contribution is 2.23. The summed E-state index contributed by atoms with van der Waals surface area (Å²) in [7, 11) is 0. The molecule has 0 bridgehead atoms. The summed E-state index contributed by atoms with van der Waals surface area (Å²) >= 11 is 3.37. The number of carbonyl (C=O) groups excluding carboxylic acids is 1. The molecule has 1 aromatic rings. The zero-order valence-electron chi connectivity index (χ0n) is 9.61. The van der Waals surface area contributed by atoms with E-state index in [1.54, 1.807) is 4.90 Å². The number of nitrogens with zero attached hydrogens (tertiary/aromatic N) is 2. The number of benzene rings is 1. The number of aryl methyl sites for hydroxylation is 1. The van der Waals surface area contributed by atoms with Gasteiger partial charge in [-0.3, -0.25) is 4.79 Å². The fraction of sp³-hybridized carbons (Fsp3) is 0.385. The van der Waals surface area contributed by atoms with E-state index in [2.05, 4.69) is 22.0 Å². The van der Waals surface area contributed by atoms with E-state index in [4.69, 9.17) is 5.26 Å². The maximum absolute atomic E-state index is 12.3. The molecule has 1 aromatic carbocycles. The molecule has 1 amide bonds. The number of likely N-dealkylation sites (tertiary alicyclic amines) is 1. The highest BCUT2D eigenvalue weighted by Gasteiger charge is 2.29. The monoisotopic (exact) mass is 292 g/mol. The summed E-state index contributed by atoms with van der Waals surface area (Å²) in [5, 5.41) is 9.00. The Bertz CT molecular complexity index is 493. The molecule has 1 aliphatic heterocycles. The highest BCUT2D eigenvalue weighted by atomic mass is 79.9. The first kappa shape index (κ1) is 12.1. The smallest absolute Gasteiger partial charge is 0.255 e. The number of rotatable bonds is 1. The van der Waals surface area contributed by atoms with Crippen molar-refractivity contribution in [2.45, 2.75) is 25.8 Å². The molecule has 0 aliphatic carbocycles. The Kier molecular flexibility index (Phi) is 3.49. The summed E-state index contributed by atoms with van der Waals surface area (Å²) in [4.78, 5) is 14.0. The number of amides is 1. The molecule has 1 atom stereocenters. The van der Waals surface area contributed by atoms with E-state index in [1.165, 1.54) is 0 Å². The van der Waals surface area contributed by atoms with E-state index >= 15 is 0 Å². The third-order valence-corrected chi connectivity index (χ3v) is 3.59. The molecule has 1 saturated heterocycles. The zero-order chi connectivity index (χ0) is 12.4. The number of hydrogen-bond donors (Lipinski definition) is 0. The lowest BCUT2D eigenvalue weighted by Gasteiger charge is -2.20. The maximum atomic E-state index is 12.3. The molecule has 0 spiro atoms. The lowest BCUT2D eigenvalue weighted by atomic mass is 10.1. The zero-order valence-corrected chi connectivity index (χ0v) is 11.2. The fourth-order valence-electron chi connectivity index (χ4n) is 2.12. The molecule has 2 rings (SSSR count). The van der Waals surface area contributed by atoms with E-state index < -0.39 is 0 Å². The van der Waals surface area contributed by atoms with E-state index in [-0.39, 0.29) is 11.9 Å². The standard InChI is InChI=1S/C13H13BrN2O/c1-9-4-5-10(14)7-12(9)13(17)16-6-2-3-11(16)8-15/h4-5,7,11H,2-3,6H2,1H3. The Balaban J connectivity index is 2.31. The van der Waals surface area contributed by atoms with Crippen molar-refractivity contribution in [3.05, 3.63) is 33.8 Å². The van der Waals surface area contributed by atoms with E-state index in [9.17, 15) is 4.79 Å². The third-order valence-electron chi connectivity index (χ3n) is 3.09. The van der Waals surface area contributed by atoms with Gasteiger partial charge in [-0.2, -0.15) is 5.26 Å². The van der Waals surface area contributed by atoms with Crippen LogP contribution in [0.4, 0.5) is 0 Å². The van der Waals surface area contributed by atoms with Crippen molar-refractivity contribution in [3.8, 4) is 6.07 Å². The number of hydrogen-bond acceptors (Lipinski definition) is 2. The van der Waals surface area contributed by atoms with Gasteiger partial charge in [-0.1, -0.05) is 22.0 Å². The summed E-state index contributed by atoms with van der Waals surface area (Å²) < 4.78 is 0.888. The maximum Gasteiger partial charge on any atom is 0.255 e. The van der Waals surface area contributed by atoms with Gasteiger partial charge in [0.25, 0.3) is 5.91 Å². The predicted molar refractivity (Wildman–Crippen MR) is 68.6 cm³/mol. The van der Waals surface area contributed by atoms with Crippen LogP contribution in [0.3, 0.4) is 0 Å². The minimum atomic E-state index is -0.263. The molecule has 1 fully saturated rings. The third kappa shape index (κ3) is 2.34. The lowest BCUT2D eigenvalue weighted by Crippen LogP contribution is -2.34. The molecule has 88 valence electrons. The van der Waals surface area contributed by atoms with Gasteiger partial charge < -0.3 is 4.90 Å². The van der Waals surface area contributed by atoms with Gasteiger partial charge in [-0.25, -0.2) is 0 Å².